The summed E-state index contributed by atoms with van der Waals surface area (Å²) in [6, 6.07) is 0. The summed E-state index contributed by atoms with van der Waals surface area (Å²) in [5.41, 5.74) is 10.4. The van der Waals surface area contributed by atoms with E-state index in [9.17, 15) is 9.59 Å². The van der Waals surface area contributed by atoms with E-state index in [4.69, 9.17) is 0 Å². The molecule has 0 aliphatic carbocycles. The van der Waals surface area contributed by atoms with Crippen molar-refractivity contribution < 1.29 is 9.59 Å². The zero-order chi connectivity index (χ0) is 10.9. The maximum Gasteiger partial charge on any atom is 0.242 e. The summed E-state index contributed by atoms with van der Waals surface area (Å²) in [4.78, 5) is 22.4. The van der Waals surface area contributed by atoms with E-state index >= 15 is 0 Å². The Bertz CT molecular complexity index is 198. The van der Waals surface area contributed by atoms with Gasteiger partial charge in [0.15, 0.2) is 0 Å². The lowest BCUT2D eigenvalue weighted by molar-refractivity contribution is -0.129. The summed E-state index contributed by atoms with van der Waals surface area (Å²) in [6.45, 7) is 0.830. The molecule has 4 N–H and O–H groups in total. The molecule has 1 aliphatic rings. The lowest BCUT2D eigenvalue weighted by Crippen LogP contribution is -2.53. The van der Waals surface area contributed by atoms with Crippen molar-refractivity contribution in [1.82, 2.24) is 21.9 Å². The van der Waals surface area contributed by atoms with Crippen LogP contribution in [0.3, 0.4) is 0 Å². The predicted molar refractivity (Wildman–Crippen MR) is 55.1 cm³/mol. The lowest BCUT2D eigenvalue weighted by Gasteiger charge is -2.08. The van der Waals surface area contributed by atoms with Gasteiger partial charge in [-0.1, -0.05) is 12.8 Å². The van der Waals surface area contributed by atoms with Crippen LogP contribution in [0.1, 0.15) is 38.5 Å². The van der Waals surface area contributed by atoms with Crippen LogP contribution >= 0.6 is 0 Å². The zero-order valence-corrected chi connectivity index (χ0v) is 8.77. The fourth-order valence-corrected chi connectivity index (χ4v) is 1.41. The van der Waals surface area contributed by atoms with Gasteiger partial charge in [0.25, 0.3) is 0 Å². The highest BCUT2D eigenvalue weighted by molar-refractivity contribution is 5.97. The van der Waals surface area contributed by atoms with Crippen LogP contribution in [-0.4, -0.2) is 18.2 Å². The third-order valence-corrected chi connectivity index (χ3v) is 2.22. The molecule has 0 saturated carbocycles. The van der Waals surface area contributed by atoms with Gasteiger partial charge in [0.05, 0.1) is 6.42 Å². The maximum absolute atomic E-state index is 11.3. The molecule has 1 rings (SSSR count). The van der Waals surface area contributed by atoms with Gasteiger partial charge in [-0.15, -0.1) is 0 Å². The fraction of sp³-hybridized carbons (Fsp3) is 0.778. The number of carbonyl (C=O) groups excluding carboxylic acids is 2. The van der Waals surface area contributed by atoms with Crippen molar-refractivity contribution in [3.05, 3.63) is 0 Å². The van der Waals surface area contributed by atoms with Crippen LogP contribution in [0.15, 0.2) is 0 Å². The van der Waals surface area contributed by atoms with Gasteiger partial charge >= 0.3 is 0 Å². The average Bonchev–Trinajstić information content (AvgIpc) is 2.21. The Labute approximate surface area is 89.1 Å². The summed E-state index contributed by atoms with van der Waals surface area (Å²) >= 11 is 0. The highest BCUT2D eigenvalue weighted by Gasteiger charge is 2.08. The minimum atomic E-state index is -0.312. The molecule has 0 radical (unpaired) electrons. The smallest absolute Gasteiger partial charge is 0.242 e. The zero-order valence-electron chi connectivity index (χ0n) is 8.77. The number of hydrogen-bond donors (Lipinski definition) is 4. The van der Waals surface area contributed by atoms with E-state index in [0.717, 1.165) is 32.2 Å². The highest BCUT2D eigenvalue weighted by atomic mass is 16.2. The van der Waals surface area contributed by atoms with Crippen molar-refractivity contribution in [3.8, 4) is 0 Å². The van der Waals surface area contributed by atoms with Crippen LogP contribution < -0.4 is 21.9 Å². The first kappa shape index (κ1) is 12.1. The molecule has 0 unspecified atom stereocenters. The Balaban J connectivity index is 2.29. The molecule has 0 atom stereocenters. The van der Waals surface area contributed by atoms with Gasteiger partial charge in [0.1, 0.15) is 5.78 Å². The molecule has 0 aromatic heterocycles. The van der Waals surface area contributed by atoms with E-state index in [1.807, 2.05) is 0 Å². The number of hydrazine groups is 3. The summed E-state index contributed by atoms with van der Waals surface area (Å²) in [5.74, 6) is -0.310. The van der Waals surface area contributed by atoms with Crippen LogP contribution in [0.5, 0.6) is 0 Å². The van der Waals surface area contributed by atoms with Gasteiger partial charge in [-0.2, -0.15) is 11.1 Å². The summed E-state index contributed by atoms with van der Waals surface area (Å²) < 4.78 is 0. The lowest BCUT2D eigenvalue weighted by atomic mass is 10.1. The molecular formula is C9H18N4O2. The fourth-order valence-electron chi connectivity index (χ4n) is 1.41. The number of ketones is 1. The summed E-state index contributed by atoms with van der Waals surface area (Å²) in [6.07, 6.45) is 4.54. The quantitative estimate of drug-likeness (QED) is 0.410. The highest BCUT2D eigenvalue weighted by Crippen LogP contribution is 2.04. The number of amides is 1. The standard InChI is InChI=1S/C9H18N4O2/c14-8-5-3-1-2-4-6-10-12-13-11-9(15)7-8/h10,12-13H,1-7H2,(H,11,15). The first-order valence-corrected chi connectivity index (χ1v) is 5.32. The molecule has 15 heavy (non-hydrogen) atoms. The van der Waals surface area contributed by atoms with Crippen molar-refractivity contribution >= 4 is 11.7 Å². The molecule has 6 heteroatoms. The largest absolute Gasteiger partial charge is 0.299 e. The van der Waals surface area contributed by atoms with E-state index in [0.29, 0.717) is 6.42 Å². The Hall–Kier alpha value is -0.980. The maximum atomic E-state index is 11.3. The van der Waals surface area contributed by atoms with Crippen molar-refractivity contribution in [3.63, 3.8) is 0 Å². The van der Waals surface area contributed by atoms with Crippen molar-refractivity contribution in [1.29, 1.82) is 0 Å². The molecule has 1 fully saturated rings. The molecule has 86 valence electrons. The third-order valence-electron chi connectivity index (χ3n) is 2.22. The van der Waals surface area contributed by atoms with Gasteiger partial charge in [0.2, 0.25) is 5.91 Å². The second-order valence-electron chi connectivity index (χ2n) is 3.60. The number of hydrogen-bond acceptors (Lipinski definition) is 5. The first-order chi connectivity index (χ1) is 7.29. The number of rotatable bonds is 0. The average molecular weight is 214 g/mol. The Morgan fingerprint density at radius 3 is 2.60 bits per heavy atom. The van der Waals surface area contributed by atoms with Gasteiger partial charge in [-0.25, -0.2) is 5.43 Å². The molecule has 1 heterocycles. The molecule has 1 aliphatic heterocycles. The van der Waals surface area contributed by atoms with Crippen LogP contribution in [0.2, 0.25) is 0 Å². The van der Waals surface area contributed by atoms with Crippen LogP contribution in [0.4, 0.5) is 0 Å². The van der Waals surface area contributed by atoms with Crippen molar-refractivity contribution in [2.24, 2.45) is 0 Å². The van der Waals surface area contributed by atoms with Gasteiger partial charge in [0, 0.05) is 13.0 Å². The number of nitrogens with one attached hydrogen (secondary N) is 4. The van der Waals surface area contributed by atoms with Crippen LogP contribution in [0.25, 0.3) is 0 Å². The molecule has 0 spiro atoms. The van der Waals surface area contributed by atoms with Gasteiger partial charge < -0.3 is 0 Å². The first-order valence-electron chi connectivity index (χ1n) is 5.32. The molecule has 6 nitrogen and oxygen atoms in total. The molecule has 0 aromatic rings. The van der Waals surface area contributed by atoms with E-state index in [2.05, 4.69) is 21.9 Å². The van der Waals surface area contributed by atoms with E-state index in [1.54, 1.807) is 0 Å². The Kier molecular flexibility index (Phi) is 5.91. The minimum Gasteiger partial charge on any atom is -0.299 e. The van der Waals surface area contributed by atoms with Gasteiger partial charge in [-0.3, -0.25) is 15.0 Å². The third kappa shape index (κ3) is 6.16. The minimum absolute atomic E-state index is 0.00139. The second-order valence-corrected chi connectivity index (χ2v) is 3.60. The summed E-state index contributed by atoms with van der Waals surface area (Å²) in [5, 5.41) is 0. The molecule has 1 amide bonds. The van der Waals surface area contributed by atoms with Crippen LogP contribution in [0, 0.1) is 0 Å². The van der Waals surface area contributed by atoms with E-state index in [-0.39, 0.29) is 18.1 Å². The molecule has 0 bridgehead atoms. The van der Waals surface area contributed by atoms with E-state index in [1.165, 1.54) is 0 Å². The van der Waals surface area contributed by atoms with Crippen molar-refractivity contribution in [2.45, 2.75) is 38.5 Å². The molecule has 0 aromatic carbocycles. The molecule has 1 saturated heterocycles. The predicted octanol–water partition coefficient (Wildman–Crippen LogP) is -0.460. The number of Topliss-reactive ketones (excluding diaryl/α,β-unsaturated/α-hetero) is 1. The Morgan fingerprint density at radius 2 is 1.73 bits per heavy atom. The molecular weight excluding hydrogens is 196 g/mol. The topological polar surface area (TPSA) is 82.3 Å². The van der Waals surface area contributed by atoms with Crippen LogP contribution in [-0.2, 0) is 9.59 Å². The normalized spacial score (nSPS) is 22.1. The SMILES string of the molecule is O=C1CCCCCCNNNNC(=O)C1. The summed E-state index contributed by atoms with van der Waals surface area (Å²) in [7, 11) is 0. The Morgan fingerprint density at radius 1 is 0.933 bits per heavy atom. The number of carbonyl (C=O) groups is 2. The van der Waals surface area contributed by atoms with E-state index < -0.39 is 0 Å². The monoisotopic (exact) mass is 214 g/mol. The second kappa shape index (κ2) is 7.33. The van der Waals surface area contributed by atoms with Gasteiger partial charge in [-0.05, 0) is 12.8 Å². The van der Waals surface area contributed by atoms with Crippen molar-refractivity contribution in [2.75, 3.05) is 6.54 Å².